The van der Waals surface area contributed by atoms with Crippen molar-refractivity contribution >= 4 is 23.4 Å². The van der Waals surface area contributed by atoms with Crippen LogP contribution in [0.3, 0.4) is 0 Å². The lowest BCUT2D eigenvalue weighted by Gasteiger charge is -2.21. The fourth-order valence-corrected chi connectivity index (χ4v) is 2.17. The zero-order valence-electron chi connectivity index (χ0n) is 16.6. The molecule has 0 aliphatic heterocycles. The molecule has 1 aromatic carbocycles. The second kappa shape index (κ2) is 10.0. The third-order valence-electron chi connectivity index (χ3n) is 3.66. The first-order valence-corrected chi connectivity index (χ1v) is 8.75. The minimum Gasteiger partial charge on any atom is -0.444 e. The number of nitrogens with one attached hydrogen (secondary N) is 2. The number of methoxy groups -OCH3 is 1. The third kappa shape index (κ3) is 8.20. The Morgan fingerprint density at radius 3 is 2.54 bits per heavy atom. The molecule has 26 heavy (non-hydrogen) atoms. The topological polar surface area (TPSA) is 79.9 Å². The number of hydrogen-bond donors (Lipinski definition) is 2. The number of nitrogens with zero attached hydrogens (tertiary/aromatic N) is 1. The third-order valence-corrected chi connectivity index (χ3v) is 3.66. The summed E-state index contributed by atoms with van der Waals surface area (Å²) >= 11 is 0. The van der Waals surface area contributed by atoms with Gasteiger partial charge < -0.3 is 25.0 Å². The maximum atomic E-state index is 12.3. The van der Waals surface area contributed by atoms with E-state index >= 15 is 0 Å². The molecule has 0 bridgehead atoms. The number of alkyl carbamates (subject to hydrolysis) is 1. The molecule has 0 radical (unpaired) electrons. The molecule has 7 nitrogen and oxygen atoms in total. The zero-order chi connectivity index (χ0) is 19.7. The molecule has 146 valence electrons. The fourth-order valence-electron chi connectivity index (χ4n) is 2.17. The number of rotatable bonds is 8. The van der Waals surface area contributed by atoms with Crippen molar-refractivity contribution in [2.24, 2.45) is 0 Å². The molecule has 0 fully saturated rings. The van der Waals surface area contributed by atoms with Crippen LogP contribution in [0.1, 0.15) is 34.1 Å². The average Bonchev–Trinajstić information content (AvgIpc) is 2.56. The van der Waals surface area contributed by atoms with E-state index in [1.165, 1.54) is 7.11 Å². The SMILES string of the molecule is CCN(C)c1cccc(NC(=O)C[C@H](CNC(=O)OC(C)(C)C)OC)c1. The summed E-state index contributed by atoms with van der Waals surface area (Å²) in [5.41, 5.74) is 1.18. The van der Waals surface area contributed by atoms with Gasteiger partial charge in [-0.2, -0.15) is 0 Å². The Kier molecular flexibility index (Phi) is 8.38. The van der Waals surface area contributed by atoms with Gasteiger partial charge >= 0.3 is 6.09 Å². The first kappa shape index (κ1) is 21.8. The Labute approximate surface area is 156 Å². The van der Waals surface area contributed by atoms with Crippen molar-refractivity contribution < 1.29 is 19.1 Å². The Hall–Kier alpha value is -2.28. The van der Waals surface area contributed by atoms with Crippen molar-refractivity contribution in [3.63, 3.8) is 0 Å². The van der Waals surface area contributed by atoms with Crippen molar-refractivity contribution in [2.45, 2.75) is 45.8 Å². The Bertz CT molecular complexity index is 599. The van der Waals surface area contributed by atoms with Crippen LogP contribution in [0.25, 0.3) is 0 Å². The normalized spacial score (nSPS) is 12.2. The zero-order valence-corrected chi connectivity index (χ0v) is 16.6. The minimum absolute atomic E-state index is 0.125. The van der Waals surface area contributed by atoms with E-state index in [0.717, 1.165) is 17.9 Å². The molecular weight excluding hydrogens is 334 g/mol. The maximum Gasteiger partial charge on any atom is 0.407 e. The first-order chi connectivity index (χ1) is 12.1. The maximum absolute atomic E-state index is 12.3. The van der Waals surface area contributed by atoms with E-state index in [1.807, 2.05) is 31.3 Å². The number of anilines is 2. The van der Waals surface area contributed by atoms with Crippen LogP contribution in [0.5, 0.6) is 0 Å². The summed E-state index contributed by atoms with van der Waals surface area (Å²) in [5.74, 6) is -0.181. The quantitative estimate of drug-likeness (QED) is 0.740. The van der Waals surface area contributed by atoms with Crippen LogP contribution in [0.2, 0.25) is 0 Å². The molecule has 0 unspecified atom stereocenters. The summed E-state index contributed by atoms with van der Waals surface area (Å²) in [7, 11) is 3.50. The monoisotopic (exact) mass is 365 g/mol. The highest BCUT2D eigenvalue weighted by Crippen LogP contribution is 2.18. The number of amides is 2. The average molecular weight is 365 g/mol. The van der Waals surface area contributed by atoms with Gasteiger partial charge in [0.05, 0.1) is 12.5 Å². The number of benzene rings is 1. The molecule has 7 heteroatoms. The summed E-state index contributed by atoms with van der Waals surface area (Å²) in [5, 5.41) is 5.48. The van der Waals surface area contributed by atoms with E-state index in [0.29, 0.717) is 0 Å². The van der Waals surface area contributed by atoms with E-state index in [9.17, 15) is 9.59 Å². The van der Waals surface area contributed by atoms with E-state index < -0.39 is 17.8 Å². The van der Waals surface area contributed by atoms with Crippen LogP contribution >= 0.6 is 0 Å². The first-order valence-electron chi connectivity index (χ1n) is 8.75. The summed E-state index contributed by atoms with van der Waals surface area (Å²) < 4.78 is 10.4. The molecule has 0 saturated carbocycles. The second-order valence-electron chi connectivity index (χ2n) is 7.06. The van der Waals surface area contributed by atoms with E-state index in [1.54, 1.807) is 20.8 Å². The lowest BCUT2D eigenvalue weighted by atomic mass is 10.2. The van der Waals surface area contributed by atoms with Gasteiger partial charge in [-0.25, -0.2) is 4.79 Å². The number of carbonyl (C=O) groups excluding carboxylic acids is 2. The Morgan fingerprint density at radius 2 is 1.96 bits per heavy atom. The van der Waals surface area contributed by atoms with Crippen LogP contribution in [0.4, 0.5) is 16.2 Å². The highest BCUT2D eigenvalue weighted by Gasteiger charge is 2.19. The number of carbonyl (C=O) groups is 2. The molecule has 1 aromatic rings. The van der Waals surface area contributed by atoms with Gasteiger partial charge in [0.25, 0.3) is 0 Å². The van der Waals surface area contributed by atoms with Gasteiger partial charge in [0.1, 0.15) is 5.60 Å². The lowest BCUT2D eigenvalue weighted by Crippen LogP contribution is -2.38. The van der Waals surface area contributed by atoms with Gasteiger partial charge in [0.2, 0.25) is 5.91 Å². The van der Waals surface area contributed by atoms with Crippen molar-refractivity contribution in [3.05, 3.63) is 24.3 Å². The Balaban J connectivity index is 2.53. The predicted octanol–water partition coefficient (Wildman–Crippen LogP) is 3.01. The van der Waals surface area contributed by atoms with E-state index in [2.05, 4.69) is 22.5 Å². The Morgan fingerprint density at radius 1 is 1.27 bits per heavy atom. The van der Waals surface area contributed by atoms with Gasteiger partial charge in [-0.1, -0.05) is 6.07 Å². The highest BCUT2D eigenvalue weighted by molar-refractivity contribution is 5.91. The van der Waals surface area contributed by atoms with Crippen molar-refractivity contribution in [1.29, 1.82) is 0 Å². The van der Waals surface area contributed by atoms with Crippen molar-refractivity contribution in [1.82, 2.24) is 5.32 Å². The smallest absolute Gasteiger partial charge is 0.407 e. The van der Waals surface area contributed by atoms with Crippen LogP contribution in [-0.4, -0.2) is 51.0 Å². The fraction of sp³-hybridized carbons (Fsp3) is 0.579. The van der Waals surface area contributed by atoms with Gasteiger partial charge in [-0.3, -0.25) is 4.79 Å². The molecule has 2 amide bonds. The van der Waals surface area contributed by atoms with Crippen LogP contribution in [0.15, 0.2) is 24.3 Å². The van der Waals surface area contributed by atoms with Crippen molar-refractivity contribution in [2.75, 3.05) is 37.5 Å². The summed E-state index contributed by atoms with van der Waals surface area (Å²) in [6, 6.07) is 7.64. The summed E-state index contributed by atoms with van der Waals surface area (Å²) in [4.78, 5) is 26.0. The van der Waals surface area contributed by atoms with E-state index in [4.69, 9.17) is 9.47 Å². The number of ether oxygens (including phenoxy) is 2. The van der Waals surface area contributed by atoms with Crippen LogP contribution in [0, 0.1) is 0 Å². The summed E-state index contributed by atoms with van der Waals surface area (Å²) in [6.07, 6.45) is -0.848. The molecule has 0 aliphatic rings. The molecule has 2 N–H and O–H groups in total. The molecule has 1 rings (SSSR count). The molecule has 0 aromatic heterocycles. The van der Waals surface area contributed by atoms with Gasteiger partial charge in [0.15, 0.2) is 0 Å². The minimum atomic E-state index is -0.569. The lowest BCUT2D eigenvalue weighted by molar-refractivity contribution is -0.118. The van der Waals surface area contributed by atoms with Gasteiger partial charge in [-0.15, -0.1) is 0 Å². The predicted molar refractivity (Wildman–Crippen MR) is 104 cm³/mol. The molecule has 1 atom stereocenters. The molecule has 0 aliphatic carbocycles. The number of hydrogen-bond acceptors (Lipinski definition) is 5. The van der Waals surface area contributed by atoms with Crippen LogP contribution in [-0.2, 0) is 14.3 Å². The largest absolute Gasteiger partial charge is 0.444 e. The van der Waals surface area contributed by atoms with E-state index in [-0.39, 0.29) is 18.9 Å². The van der Waals surface area contributed by atoms with Crippen LogP contribution < -0.4 is 15.5 Å². The molecule has 0 saturated heterocycles. The molecule has 0 spiro atoms. The molecule has 0 heterocycles. The second-order valence-corrected chi connectivity index (χ2v) is 7.06. The molecular formula is C19H31N3O4. The van der Waals surface area contributed by atoms with Gasteiger partial charge in [-0.05, 0) is 45.9 Å². The standard InChI is InChI=1S/C19H31N3O4/c1-7-22(5)15-10-8-9-14(11-15)21-17(23)12-16(25-6)13-20-18(24)26-19(2,3)4/h8-11,16H,7,12-13H2,1-6H3,(H,20,24)(H,21,23)/t16-/m1/s1. The summed E-state index contributed by atoms with van der Waals surface area (Å²) in [6.45, 7) is 8.50. The van der Waals surface area contributed by atoms with Gasteiger partial charge in [0, 0.05) is 38.6 Å². The highest BCUT2D eigenvalue weighted by atomic mass is 16.6. The van der Waals surface area contributed by atoms with Crippen molar-refractivity contribution in [3.8, 4) is 0 Å².